The minimum absolute atomic E-state index is 0.0469. The summed E-state index contributed by atoms with van der Waals surface area (Å²) in [6.07, 6.45) is 0. The van der Waals surface area contributed by atoms with Gasteiger partial charge in [-0.25, -0.2) is 9.78 Å². The Labute approximate surface area is 168 Å². The first-order chi connectivity index (χ1) is 12.6. The van der Waals surface area contributed by atoms with E-state index in [1.54, 1.807) is 7.05 Å². The van der Waals surface area contributed by atoms with Crippen LogP contribution < -0.4 is 11.2 Å². The Balaban J connectivity index is 2.30. The molecular formula is C18H21BrN4O3S. The van der Waals surface area contributed by atoms with Crippen LogP contribution in [0.3, 0.4) is 0 Å². The number of thioether (sulfide) groups is 1. The van der Waals surface area contributed by atoms with Crippen LogP contribution in [-0.4, -0.2) is 35.1 Å². The zero-order valence-corrected chi connectivity index (χ0v) is 18.0. The van der Waals surface area contributed by atoms with Crippen LogP contribution in [0.2, 0.25) is 0 Å². The quantitative estimate of drug-likeness (QED) is 0.599. The molecule has 0 aliphatic heterocycles. The van der Waals surface area contributed by atoms with Crippen molar-refractivity contribution in [1.82, 2.24) is 18.7 Å². The van der Waals surface area contributed by atoms with E-state index in [0.29, 0.717) is 22.9 Å². The Bertz CT molecular complexity index is 1130. The molecule has 0 bridgehead atoms. The number of aryl methyl sites for hydroxylation is 1. The van der Waals surface area contributed by atoms with Gasteiger partial charge in [0.2, 0.25) is 0 Å². The molecule has 7 nitrogen and oxygen atoms in total. The first-order valence-corrected chi connectivity index (χ1v) is 9.96. The zero-order chi connectivity index (χ0) is 19.9. The predicted molar refractivity (Wildman–Crippen MR) is 110 cm³/mol. The molecule has 0 unspecified atom stereocenters. The minimum atomic E-state index is -0.486. The second-order valence-corrected chi connectivity index (χ2v) is 9.60. The summed E-state index contributed by atoms with van der Waals surface area (Å²) in [6.45, 7) is 4.18. The number of benzene rings is 1. The highest BCUT2D eigenvalue weighted by Gasteiger charge is 2.25. The van der Waals surface area contributed by atoms with Crippen LogP contribution >= 0.6 is 27.7 Å². The minimum Gasteiger partial charge on any atom is -0.395 e. The molecular weight excluding hydrogens is 432 g/mol. The van der Waals surface area contributed by atoms with Gasteiger partial charge in [0.25, 0.3) is 5.56 Å². The number of aromatic nitrogens is 4. The van der Waals surface area contributed by atoms with Gasteiger partial charge in [0.15, 0.2) is 16.3 Å². The summed E-state index contributed by atoms with van der Waals surface area (Å²) in [7, 11) is 3.07. The van der Waals surface area contributed by atoms with Crippen LogP contribution in [0.15, 0.2) is 43.5 Å². The summed E-state index contributed by atoms with van der Waals surface area (Å²) in [5.41, 5.74) is 0.898. The van der Waals surface area contributed by atoms with E-state index < -0.39 is 10.4 Å². The Kier molecular flexibility index (Phi) is 5.38. The lowest BCUT2D eigenvalue weighted by atomic mass is 10.2. The summed E-state index contributed by atoms with van der Waals surface area (Å²) < 4.78 is 4.74. The fourth-order valence-corrected chi connectivity index (χ4v) is 4.15. The number of hydrogen-bond acceptors (Lipinski definition) is 5. The van der Waals surface area contributed by atoms with Crippen molar-refractivity contribution in [2.45, 2.75) is 30.3 Å². The molecule has 0 fully saturated rings. The van der Waals surface area contributed by atoms with Gasteiger partial charge in [0.1, 0.15) is 0 Å². The summed E-state index contributed by atoms with van der Waals surface area (Å²) in [5, 5.41) is 10.2. The van der Waals surface area contributed by atoms with E-state index in [-0.39, 0.29) is 12.2 Å². The molecule has 3 aromatic rings. The van der Waals surface area contributed by atoms with E-state index in [9.17, 15) is 14.7 Å². The normalized spacial score (nSPS) is 12.1. The molecule has 9 heteroatoms. The van der Waals surface area contributed by atoms with E-state index in [4.69, 9.17) is 0 Å². The molecule has 3 rings (SSSR count). The highest BCUT2D eigenvalue weighted by molar-refractivity contribution is 9.10. The molecule has 2 aromatic heterocycles. The molecule has 0 aliphatic rings. The van der Waals surface area contributed by atoms with Gasteiger partial charge >= 0.3 is 5.69 Å². The van der Waals surface area contributed by atoms with Crippen molar-refractivity contribution in [3.05, 3.63) is 55.1 Å². The number of aliphatic hydroxyl groups is 1. The van der Waals surface area contributed by atoms with Gasteiger partial charge in [-0.15, -0.1) is 0 Å². The Morgan fingerprint density at radius 2 is 1.93 bits per heavy atom. The van der Waals surface area contributed by atoms with Gasteiger partial charge in [0, 0.05) is 23.3 Å². The number of rotatable bonds is 5. The first-order valence-electron chi connectivity index (χ1n) is 8.35. The Morgan fingerprint density at radius 3 is 2.56 bits per heavy atom. The van der Waals surface area contributed by atoms with E-state index in [2.05, 4.69) is 20.9 Å². The fourth-order valence-electron chi connectivity index (χ4n) is 2.75. The highest BCUT2D eigenvalue weighted by Crippen LogP contribution is 2.33. The molecule has 0 atom stereocenters. The molecule has 0 aliphatic carbocycles. The number of nitrogens with zero attached hydrogens (tertiary/aromatic N) is 4. The van der Waals surface area contributed by atoms with E-state index in [0.717, 1.165) is 14.6 Å². The highest BCUT2D eigenvalue weighted by atomic mass is 79.9. The van der Waals surface area contributed by atoms with Gasteiger partial charge in [-0.3, -0.25) is 13.9 Å². The van der Waals surface area contributed by atoms with Crippen molar-refractivity contribution < 1.29 is 5.11 Å². The average molecular weight is 453 g/mol. The van der Waals surface area contributed by atoms with Gasteiger partial charge in [-0.2, -0.15) is 0 Å². The third kappa shape index (κ3) is 3.76. The van der Waals surface area contributed by atoms with Crippen LogP contribution in [-0.2, 0) is 20.6 Å². The van der Waals surface area contributed by atoms with Crippen LogP contribution in [0.1, 0.15) is 19.4 Å². The first kappa shape index (κ1) is 19.9. The van der Waals surface area contributed by atoms with Gasteiger partial charge in [-0.1, -0.05) is 39.8 Å². The molecule has 144 valence electrons. The van der Waals surface area contributed by atoms with Crippen LogP contribution in [0.25, 0.3) is 11.2 Å². The molecule has 0 saturated carbocycles. The number of imidazole rings is 1. The molecule has 27 heavy (non-hydrogen) atoms. The number of halogens is 1. The smallest absolute Gasteiger partial charge is 0.332 e. The fraction of sp³-hybridized carbons (Fsp3) is 0.389. The predicted octanol–water partition coefficient (Wildman–Crippen LogP) is 2.11. The standard InChI is InChI=1S/C18H21BrN4O3S/c1-18(2,10-24)27-16-20-14-13(15(25)22(4)17(26)21(14)3)23(16)9-11-6-5-7-12(19)8-11/h5-8,24H,9-10H2,1-4H3. The molecule has 0 saturated heterocycles. The van der Waals surface area contributed by atoms with Crippen molar-refractivity contribution in [2.24, 2.45) is 14.1 Å². The average Bonchev–Trinajstić information content (AvgIpc) is 2.96. The Morgan fingerprint density at radius 1 is 1.22 bits per heavy atom. The maximum atomic E-state index is 12.8. The molecule has 1 aromatic carbocycles. The number of aliphatic hydroxyl groups excluding tert-OH is 1. The third-order valence-electron chi connectivity index (χ3n) is 4.29. The topological polar surface area (TPSA) is 82.1 Å². The third-order valence-corrected chi connectivity index (χ3v) is 5.96. The lowest BCUT2D eigenvalue weighted by Crippen LogP contribution is -2.37. The Hall–Kier alpha value is -1.84. The van der Waals surface area contributed by atoms with Crippen molar-refractivity contribution in [3.63, 3.8) is 0 Å². The van der Waals surface area contributed by atoms with Crippen molar-refractivity contribution in [1.29, 1.82) is 0 Å². The summed E-state index contributed by atoms with van der Waals surface area (Å²) in [4.78, 5) is 29.7. The van der Waals surface area contributed by atoms with E-state index in [1.165, 1.54) is 23.4 Å². The van der Waals surface area contributed by atoms with Crippen LogP contribution in [0, 0.1) is 0 Å². The summed E-state index contributed by atoms with van der Waals surface area (Å²) in [6, 6.07) is 7.80. The van der Waals surface area contributed by atoms with Crippen LogP contribution in [0.5, 0.6) is 0 Å². The number of hydrogen-bond donors (Lipinski definition) is 1. The zero-order valence-electron chi connectivity index (χ0n) is 15.6. The number of fused-ring (bicyclic) bond motifs is 1. The maximum Gasteiger partial charge on any atom is 0.332 e. The monoisotopic (exact) mass is 452 g/mol. The second kappa shape index (κ2) is 7.29. The second-order valence-electron chi connectivity index (χ2n) is 7.01. The van der Waals surface area contributed by atoms with Crippen molar-refractivity contribution >= 4 is 38.9 Å². The molecule has 0 radical (unpaired) electrons. The maximum absolute atomic E-state index is 12.8. The largest absolute Gasteiger partial charge is 0.395 e. The lowest BCUT2D eigenvalue weighted by molar-refractivity contribution is 0.264. The van der Waals surface area contributed by atoms with Gasteiger partial charge in [-0.05, 0) is 31.5 Å². The van der Waals surface area contributed by atoms with Gasteiger partial charge in [0.05, 0.1) is 13.2 Å². The van der Waals surface area contributed by atoms with E-state index in [1.807, 2.05) is 42.7 Å². The van der Waals surface area contributed by atoms with Crippen molar-refractivity contribution in [3.8, 4) is 0 Å². The SMILES string of the molecule is Cn1c(=O)c2c(nc(SC(C)(C)CO)n2Cc2cccc(Br)c2)n(C)c1=O. The van der Waals surface area contributed by atoms with E-state index >= 15 is 0 Å². The molecule has 1 N–H and O–H groups in total. The summed E-state index contributed by atoms with van der Waals surface area (Å²) in [5.74, 6) is 0. The van der Waals surface area contributed by atoms with Crippen molar-refractivity contribution in [2.75, 3.05) is 6.61 Å². The van der Waals surface area contributed by atoms with Crippen LogP contribution in [0.4, 0.5) is 0 Å². The molecule has 0 spiro atoms. The molecule has 2 heterocycles. The summed E-state index contributed by atoms with van der Waals surface area (Å²) >= 11 is 4.84. The lowest BCUT2D eigenvalue weighted by Gasteiger charge is -2.20. The van der Waals surface area contributed by atoms with Gasteiger partial charge < -0.3 is 9.67 Å². The molecule has 0 amide bonds.